The quantitative estimate of drug-likeness (QED) is 0.525. The largest absolute Gasteiger partial charge is 0.494 e. The molecule has 0 atom stereocenters. The molecule has 0 aliphatic rings. The van der Waals surface area contributed by atoms with Gasteiger partial charge in [0.1, 0.15) is 0 Å². The lowest BCUT2D eigenvalue weighted by Gasteiger charge is -2.09. The zero-order valence-electron chi connectivity index (χ0n) is 15.5. The predicted molar refractivity (Wildman–Crippen MR) is 104 cm³/mol. The molecular formula is C20H19FN4O3. The van der Waals surface area contributed by atoms with Crippen molar-refractivity contribution in [3.63, 3.8) is 0 Å². The number of hydrogen-bond acceptors (Lipinski definition) is 5. The van der Waals surface area contributed by atoms with Crippen LogP contribution in [0.4, 0.5) is 4.39 Å². The minimum atomic E-state index is -0.564. The maximum absolute atomic E-state index is 13.7. The number of halogens is 1. The van der Waals surface area contributed by atoms with Crippen LogP contribution in [0.15, 0.2) is 52.4 Å². The number of hydrazone groups is 1. The molecule has 7 nitrogen and oxygen atoms in total. The lowest BCUT2D eigenvalue weighted by molar-refractivity contribution is 0.0949. The molecule has 0 radical (unpaired) electrons. The Balaban J connectivity index is 1.88. The Kier molecular flexibility index (Phi) is 5.78. The summed E-state index contributed by atoms with van der Waals surface area (Å²) in [5.74, 6) is -0.974. The number of carbonyl (C=O) groups excluding carboxylic acids is 1. The summed E-state index contributed by atoms with van der Waals surface area (Å²) in [6, 6.07) is 11.1. The zero-order chi connectivity index (χ0) is 20.1. The van der Waals surface area contributed by atoms with Gasteiger partial charge in [-0.3, -0.25) is 9.59 Å². The van der Waals surface area contributed by atoms with E-state index in [0.29, 0.717) is 29.3 Å². The number of amides is 1. The van der Waals surface area contributed by atoms with E-state index in [0.717, 1.165) is 0 Å². The number of methoxy groups -OCH3 is 1. The Hall–Kier alpha value is -3.55. The van der Waals surface area contributed by atoms with Gasteiger partial charge in [-0.05, 0) is 36.2 Å². The number of nitrogens with zero attached hydrogens (tertiary/aromatic N) is 3. The molecule has 2 aromatic carbocycles. The molecule has 3 rings (SSSR count). The summed E-state index contributed by atoms with van der Waals surface area (Å²) in [5.41, 5.74) is 2.68. The molecule has 0 spiro atoms. The molecule has 1 aromatic heterocycles. The third-order valence-corrected chi connectivity index (χ3v) is 4.07. The number of ether oxygens (including phenoxy) is 1. The Bertz CT molecular complexity index is 1110. The monoisotopic (exact) mass is 382 g/mol. The molecule has 0 aliphatic heterocycles. The minimum Gasteiger partial charge on any atom is -0.494 e. The first-order chi connectivity index (χ1) is 13.5. The van der Waals surface area contributed by atoms with Crippen LogP contribution < -0.4 is 15.7 Å². The van der Waals surface area contributed by atoms with Gasteiger partial charge in [0.15, 0.2) is 17.3 Å². The number of rotatable bonds is 6. The van der Waals surface area contributed by atoms with Gasteiger partial charge in [0.2, 0.25) is 0 Å². The Morgan fingerprint density at radius 1 is 1.29 bits per heavy atom. The van der Waals surface area contributed by atoms with Crippen molar-refractivity contribution in [2.75, 3.05) is 7.11 Å². The van der Waals surface area contributed by atoms with E-state index in [1.807, 2.05) is 6.92 Å². The average molecular weight is 382 g/mol. The number of nitrogens with one attached hydrogen (secondary N) is 1. The zero-order valence-corrected chi connectivity index (χ0v) is 15.5. The van der Waals surface area contributed by atoms with Crippen LogP contribution in [0, 0.1) is 5.82 Å². The SMILES string of the molecule is CCCn1nc(C(=O)N/N=C\c2ccc(OC)c(F)c2)c2ccccc2c1=O. The van der Waals surface area contributed by atoms with E-state index >= 15 is 0 Å². The van der Waals surface area contributed by atoms with E-state index in [1.54, 1.807) is 30.3 Å². The van der Waals surface area contributed by atoms with Crippen molar-refractivity contribution < 1.29 is 13.9 Å². The highest BCUT2D eigenvalue weighted by Crippen LogP contribution is 2.17. The molecule has 144 valence electrons. The lowest BCUT2D eigenvalue weighted by atomic mass is 10.1. The van der Waals surface area contributed by atoms with Gasteiger partial charge >= 0.3 is 0 Å². The summed E-state index contributed by atoms with van der Waals surface area (Å²) >= 11 is 0. The van der Waals surface area contributed by atoms with Crippen LogP contribution in [0.25, 0.3) is 10.8 Å². The van der Waals surface area contributed by atoms with E-state index in [1.165, 1.54) is 30.1 Å². The first-order valence-corrected chi connectivity index (χ1v) is 8.72. The van der Waals surface area contributed by atoms with Gasteiger partial charge in [0.05, 0.1) is 18.7 Å². The number of aromatic nitrogens is 2. The topological polar surface area (TPSA) is 85.6 Å². The van der Waals surface area contributed by atoms with Gasteiger partial charge in [-0.2, -0.15) is 10.2 Å². The van der Waals surface area contributed by atoms with Crippen molar-refractivity contribution in [3.05, 3.63) is 69.9 Å². The number of aryl methyl sites for hydroxylation is 1. The maximum Gasteiger partial charge on any atom is 0.292 e. The second-order valence-corrected chi connectivity index (χ2v) is 6.02. The van der Waals surface area contributed by atoms with E-state index < -0.39 is 11.7 Å². The Morgan fingerprint density at radius 2 is 2.04 bits per heavy atom. The highest BCUT2D eigenvalue weighted by molar-refractivity contribution is 6.04. The molecule has 1 amide bonds. The van der Waals surface area contributed by atoms with Crippen LogP contribution in [0.5, 0.6) is 5.75 Å². The summed E-state index contributed by atoms with van der Waals surface area (Å²) in [4.78, 5) is 25.1. The predicted octanol–water partition coefficient (Wildman–Crippen LogP) is 2.72. The summed E-state index contributed by atoms with van der Waals surface area (Å²) in [6.45, 7) is 2.32. The van der Waals surface area contributed by atoms with Crippen molar-refractivity contribution >= 4 is 22.9 Å². The molecule has 1 heterocycles. The third kappa shape index (κ3) is 3.90. The maximum atomic E-state index is 13.7. The second-order valence-electron chi connectivity index (χ2n) is 6.02. The van der Waals surface area contributed by atoms with Gasteiger partial charge in [-0.15, -0.1) is 0 Å². The van der Waals surface area contributed by atoms with Crippen LogP contribution in [-0.4, -0.2) is 29.0 Å². The fourth-order valence-corrected chi connectivity index (χ4v) is 2.75. The fourth-order valence-electron chi connectivity index (χ4n) is 2.75. The van der Waals surface area contributed by atoms with E-state index in [4.69, 9.17) is 4.74 Å². The minimum absolute atomic E-state index is 0.0988. The van der Waals surface area contributed by atoms with Gasteiger partial charge in [0, 0.05) is 11.9 Å². The summed E-state index contributed by atoms with van der Waals surface area (Å²) in [7, 11) is 1.38. The van der Waals surface area contributed by atoms with Crippen molar-refractivity contribution in [3.8, 4) is 5.75 Å². The van der Waals surface area contributed by atoms with Gasteiger partial charge in [-0.25, -0.2) is 14.5 Å². The standard InChI is InChI=1S/C20H19FN4O3/c1-3-10-25-20(27)15-7-5-4-6-14(15)18(24-25)19(26)23-22-12-13-8-9-17(28-2)16(21)11-13/h4-9,11-12H,3,10H2,1-2H3,(H,23,26)/b22-12-. The molecule has 0 fully saturated rings. The van der Waals surface area contributed by atoms with Crippen LogP contribution in [0.1, 0.15) is 29.4 Å². The van der Waals surface area contributed by atoms with Crippen molar-refractivity contribution in [1.29, 1.82) is 0 Å². The van der Waals surface area contributed by atoms with Crippen molar-refractivity contribution in [2.24, 2.45) is 5.10 Å². The van der Waals surface area contributed by atoms with Crippen LogP contribution in [-0.2, 0) is 6.54 Å². The fraction of sp³-hybridized carbons (Fsp3) is 0.200. The first-order valence-electron chi connectivity index (χ1n) is 8.72. The Labute approximate surface area is 160 Å². The molecule has 0 bridgehead atoms. The average Bonchev–Trinajstić information content (AvgIpc) is 2.70. The van der Waals surface area contributed by atoms with Crippen LogP contribution in [0.2, 0.25) is 0 Å². The second kappa shape index (κ2) is 8.43. The van der Waals surface area contributed by atoms with Gasteiger partial charge < -0.3 is 4.74 Å². The normalized spacial score (nSPS) is 11.1. The van der Waals surface area contributed by atoms with E-state index in [9.17, 15) is 14.0 Å². The molecule has 28 heavy (non-hydrogen) atoms. The summed E-state index contributed by atoms with van der Waals surface area (Å²) in [5, 5.41) is 8.92. The van der Waals surface area contributed by atoms with Crippen molar-refractivity contribution in [2.45, 2.75) is 19.9 Å². The number of benzene rings is 2. The highest BCUT2D eigenvalue weighted by atomic mass is 19.1. The number of hydrogen-bond donors (Lipinski definition) is 1. The molecule has 0 unspecified atom stereocenters. The van der Waals surface area contributed by atoms with Crippen LogP contribution in [0.3, 0.4) is 0 Å². The number of fused-ring (bicyclic) bond motifs is 1. The molecule has 3 aromatic rings. The molecule has 0 saturated carbocycles. The Morgan fingerprint density at radius 3 is 2.71 bits per heavy atom. The molecule has 0 aliphatic carbocycles. The smallest absolute Gasteiger partial charge is 0.292 e. The van der Waals surface area contributed by atoms with Gasteiger partial charge in [0.25, 0.3) is 11.5 Å². The molecule has 0 saturated heterocycles. The van der Waals surface area contributed by atoms with E-state index in [2.05, 4.69) is 15.6 Å². The summed E-state index contributed by atoms with van der Waals surface area (Å²) in [6.07, 6.45) is 2.01. The van der Waals surface area contributed by atoms with Crippen LogP contribution >= 0.6 is 0 Å². The molecule has 8 heteroatoms. The summed E-state index contributed by atoms with van der Waals surface area (Å²) < 4.78 is 19.8. The van der Waals surface area contributed by atoms with Gasteiger partial charge in [-0.1, -0.05) is 25.1 Å². The first kappa shape index (κ1) is 19.2. The molecule has 1 N–H and O–H groups in total. The van der Waals surface area contributed by atoms with E-state index in [-0.39, 0.29) is 17.0 Å². The van der Waals surface area contributed by atoms with Crippen molar-refractivity contribution in [1.82, 2.24) is 15.2 Å². The molecular weight excluding hydrogens is 363 g/mol. The highest BCUT2D eigenvalue weighted by Gasteiger charge is 2.16. The third-order valence-electron chi connectivity index (χ3n) is 4.07. The lowest BCUT2D eigenvalue weighted by Crippen LogP contribution is -2.29. The number of carbonyl (C=O) groups is 1.